The van der Waals surface area contributed by atoms with Gasteiger partial charge in [-0.15, -0.1) is 11.8 Å². The van der Waals surface area contributed by atoms with Gasteiger partial charge in [0.25, 0.3) is 5.91 Å². The highest BCUT2D eigenvalue weighted by Gasteiger charge is 2.20. The molecule has 0 aliphatic heterocycles. The Morgan fingerprint density at radius 3 is 2.63 bits per heavy atom. The van der Waals surface area contributed by atoms with E-state index in [0.717, 1.165) is 20.5 Å². The second-order valence-electron chi connectivity index (χ2n) is 6.53. The highest BCUT2D eigenvalue weighted by molar-refractivity contribution is 9.10. The summed E-state index contributed by atoms with van der Waals surface area (Å²) in [6.07, 6.45) is 0.729. The fourth-order valence-corrected chi connectivity index (χ4v) is 3.73. The van der Waals surface area contributed by atoms with Gasteiger partial charge >= 0.3 is 5.97 Å². The van der Waals surface area contributed by atoms with Crippen LogP contribution in [0.3, 0.4) is 0 Å². The number of ether oxygens (including phenoxy) is 1. The summed E-state index contributed by atoms with van der Waals surface area (Å²) in [6, 6.07) is 5.88. The number of anilines is 1. The minimum absolute atomic E-state index is 0.113. The van der Waals surface area contributed by atoms with Crippen LogP contribution in [0.2, 0.25) is 0 Å². The van der Waals surface area contributed by atoms with E-state index in [1.54, 1.807) is 23.9 Å². The molecule has 1 amide bonds. The Hall–Kier alpha value is -1.80. The van der Waals surface area contributed by atoms with Gasteiger partial charge in [-0.05, 0) is 57.9 Å². The van der Waals surface area contributed by atoms with Crippen molar-refractivity contribution >= 4 is 45.4 Å². The van der Waals surface area contributed by atoms with Gasteiger partial charge in [-0.2, -0.15) is 5.10 Å². The van der Waals surface area contributed by atoms with Crippen LogP contribution in [0.15, 0.2) is 33.8 Å². The number of esters is 1. The van der Waals surface area contributed by atoms with Gasteiger partial charge in [0.2, 0.25) is 0 Å². The van der Waals surface area contributed by atoms with Gasteiger partial charge in [-0.1, -0.05) is 15.9 Å². The van der Waals surface area contributed by atoms with E-state index in [9.17, 15) is 9.59 Å². The maximum absolute atomic E-state index is 12.3. The number of hydrogen-bond donors (Lipinski definition) is 1. The summed E-state index contributed by atoms with van der Waals surface area (Å²) in [7, 11) is 0. The maximum Gasteiger partial charge on any atom is 0.317 e. The second-order valence-corrected chi connectivity index (χ2v) is 8.40. The van der Waals surface area contributed by atoms with Crippen molar-refractivity contribution in [2.75, 3.05) is 11.1 Å². The van der Waals surface area contributed by atoms with Gasteiger partial charge in [0.15, 0.2) is 6.10 Å². The Morgan fingerprint density at radius 1 is 1.26 bits per heavy atom. The van der Waals surface area contributed by atoms with Gasteiger partial charge < -0.3 is 10.1 Å². The van der Waals surface area contributed by atoms with Crippen LogP contribution in [0.25, 0.3) is 0 Å². The largest absolute Gasteiger partial charge is 0.452 e. The molecule has 8 heteroatoms. The Labute approximate surface area is 172 Å². The topological polar surface area (TPSA) is 73.2 Å². The third-order valence-corrected chi connectivity index (χ3v) is 5.88. The van der Waals surface area contributed by atoms with Crippen LogP contribution in [0.5, 0.6) is 0 Å². The van der Waals surface area contributed by atoms with Crippen LogP contribution < -0.4 is 5.32 Å². The van der Waals surface area contributed by atoms with E-state index in [2.05, 4.69) is 26.3 Å². The molecule has 1 aromatic heterocycles. The summed E-state index contributed by atoms with van der Waals surface area (Å²) in [5.41, 5.74) is 2.18. The first-order valence-corrected chi connectivity index (χ1v) is 10.4. The molecule has 0 aliphatic rings. The molecular weight excluding hydrogens is 430 g/mol. The molecule has 1 heterocycles. The number of aryl methyl sites for hydroxylation is 2. The summed E-state index contributed by atoms with van der Waals surface area (Å²) in [4.78, 5) is 25.4. The van der Waals surface area contributed by atoms with E-state index < -0.39 is 12.1 Å². The number of halogens is 1. The summed E-state index contributed by atoms with van der Waals surface area (Å²) < 4.78 is 8.00. The zero-order chi connectivity index (χ0) is 20.1. The van der Waals surface area contributed by atoms with Crippen molar-refractivity contribution in [2.45, 2.75) is 51.7 Å². The highest BCUT2D eigenvalue weighted by Crippen LogP contribution is 2.28. The molecule has 1 atom stereocenters. The number of nitrogens with one attached hydrogen (secondary N) is 1. The third kappa shape index (κ3) is 5.84. The van der Waals surface area contributed by atoms with E-state index >= 15 is 0 Å². The van der Waals surface area contributed by atoms with Crippen molar-refractivity contribution < 1.29 is 14.3 Å². The molecule has 0 saturated heterocycles. The Kier molecular flexibility index (Phi) is 7.49. The summed E-state index contributed by atoms with van der Waals surface area (Å²) >= 11 is 4.90. The predicted molar refractivity (Wildman–Crippen MR) is 111 cm³/mol. The van der Waals surface area contributed by atoms with Gasteiger partial charge in [0.05, 0.1) is 11.9 Å². The van der Waals surface area contributed by atoms with E-state index in [0.29, 0.717) is 5.82 Å². The van der Waals surface area contributed by atoms with E-state index in [-0.39, 0.29) is 17.7 Å². The first-order chi connectivity index (χ1) is 12.7. The number of amides is 1. The molecule has 0 radical (unpaired) electrons. The van der Waals surface area contributed by atoms with Crippen LogP contribution >= 0.6 is 27.7 Å². The van der Waals surface area contributed by atoms with Crippen LogP contribution in [-0.2, 0) is 14.3 Å². The first-order valence-electron chi connectivity index (χ1n) is 8.62. The predicted octanol–water partition coefficient (Wildman–Crippen LogP) is 4.51. The fraction of sp³-hybridized carbons (Fsp3) is 0.421. The van der Waals surface area contributed by atoms with Crippen molar-refractivity contribution in [3.05, 3.63) is 40.0 Å². The smallest absolute Gasteiger partial charge is 0.317 e. The van der Waals surface area contributed by atoms with Crippen molar-refractivity contribution in [3.63, 3.8) is 0 Å². The number of aromatic nitrogens is 2. The monoisotopic (exact) mass is 453 g/mol. The zero-order valence-electron chi connectivity index (χ0n) is 16.1. The maximum atomic E-state index is 12.3. The molecule has 0 unspecified atom stereocenters. The zero-order valence-corrected chi connectivity index (χ0v) is 18.5. The minimum atomic E-state index is -0.888. The Balaban J connectivity index is 1.88. The summed E-state index contributed by atoms with van der Waals surface area (Å²) in [5.74, 6) is -0.0941. The quantitative estimate of drug-likeness (QED) is 0.493. The van der Waals surface area contributed by atoms with Crippen LogP contribution in [0.4, 0.5) is 5.82 Å². The van der Waals surface area contributed by atoms with E-state index in [1.807, 2.05) is 39.8 Å². The molecule has 6 nitrogen and oxygen atoms in total. The molecule has 0 bridgehead atoms. The Bertz CT molecular complexity index is 836. The van der Waals surface area contributed by atoms with Crippen molar-refractivity contribution in [1.29, 1.82) is 0 Å². The van der Waals surface area contributed by atoms with Crippen LogP contribution in [-0.4, -0.2) is 33.5 Å². The summed E-state index contributed by atoms with van der Waals surface area (Å²) in [6.45, 7) is 9.49. The van der Waals surface area contributed by atoms with Crippen molar-refractivity contribution in [2.24, 2.45) is 0 Å². The number of hydrogen-bond acceptors (Lipinski definition) is 5. The van der Waals surface area contributed by atoms with Crippen LogP contribution in [0, 0.1) is 13.8 Å². The van der Waals surface area contributed by atoms with E-state index in [4.69, 9.17) is 4.74 Å². The molecule has 2 aromatic rings. The van der Waals surface area contributed by atoms with Crippen molar-refractivity contribution in [3.8, 4) is 0 Å². The average molecular weight is 454 g/mol. The number of benzene rings is 1. The first kappa shape index (κ1) is 21.5. The minimum Gasteiger partial charge on any atom is -0.452 e. The van der Waals surface area contributed by atoms with Gasteiger partial charge in [-0.25, -0.2) is 4.68 Å². The molecular formula is C19H24BrN3O3S. The standard InChI is InChI=1S/C19H24BrN3O3S/c1-11(2)23-17(6-7-21-23)22-19(25)14(5)26-18(24)10-27-16-9-12(3)15(20)8-13(16)4/h6-9,11,14H,10H2,1-5H3,(H,22,25)/t14-/m1/s1. The lowest BCUT2D eigenvalue weighted by Gasteiger charge is -2.16. The average Bonchev–Trinajstić information content (AvgIpc) is 3.05. The van der Waals surface area contributed by atoms with Gasteiger partial charge in [-0.3, -0.25) is 9.59 Å². The molecule has 0 fully saturated rings. The molecule has 2 rings (SSSR count). The SMILES string of the molecule is Cc1cc(SCC(=O)O[C@H](C)C(=O)Nc2ccnn2C(C)C)c(C)cc1Br. The lowest BCUT2D eigenvalue weighted by molar-refractivity contribution is -0.150. The lowest BCUT2D eigenvalue weighted by atomic mass is 10.2. The molecule has 27 heavy (non-hydrogen) atoms. The number of thioether (sulfide) groups is 1. The molecule has 0 aliphatic carbocycles. The van der Waals surface area contributed by atoms with E-state index in [1.165, 1.54) is 11.8 Å². The van der Waals surface area contributed by atoms with Crippen LogP contribution in [0.1, 0.15) is 37.9 Å². The molecule has 1 aromatic carbocycles. The Morgan fingerprint density at radius 2 is 1.96 bits per heavy atom. The number of carbonyl (C=O) groups is 2. The molecule has 0 spiro atoms. The molecule has 1 N–H and O–H groups in total. The number of carbonyl (C=O) groups excluding carboxylic acids is 2. The highest BCUT2D eigenvalue weighted by atomic mass is 79.9. The number of nitrogens with zero attached hydrogens (tertiary/aromatic N) is 2. The molecule has 146 valence electrons. The van der Waals surface area contributed by atoms with Gasteiger partial charge in [0, 0.05) is 21.5 Å². The third-order valence-electron chi connectivity index (χ3n) is 3.89. The summed E-state index contributed by atoms with van der Waals surface area (Å²) in [5, 5.41) is 6.91. The normalized spacial score (nSPS) is 12.1. The molecule has 0 saturated carbocycles. The lowest BCUT2D eigenvalue weighted by Crippen LogP contribution is -2.31. The van der Waals surface area contributed by atoms with Gasteiger partial charge in [0.1, 0.15) is 5.82 Å². The second kappa shape index (κ2) is 9.41. The van der Waals surface area contributed by atoms with Crippen molar-refractivity contribution in [1.82, 2.24) is 9.78 Å². The number of rotatable bonds is 7. The fourth-order valence-electron chi connectivity index (χ4n) is 2.38.